The number of carbonyl (C=O) groups excluding carboxylic acids is 1. The van der Waals surface area contributed by atoms with Crippen LogP contribution in [0.4, 0.5) is 5.69 Å². The Hall–Kier alpha value is -2.55. The molecule has 0 aliphatic carbocycles. The van der Waals surface area contributed by atoms with Gasteiger partial charge in [0.15, 0.2) is 0 Å². The van der Waals surface area contributed by atoms with E-state index in [2.05, 4.69) is 23.5 Å². The molecule has 3 nitrogen and oxygen atoms in total. The number of carbonyl (C=O) groups is 1. The Labute approximate surface area is 148 Å². The Morgan fingerprint density at radius 2 is 1.92 bits per heavy atom. The number of amides is 1. The Balaban J connectivity index is 1.66. The van der Waals surface area contributed by atoms with Crippen molar-refractivity contribution in [2.75, 3.05) is 5.32 Å². The van der Waals surface area contributed by atoms with Crippen LogP contribution in [0.1, 0.15) is 20.8 Å². The van der Waals surface area contributed by atoms with Crippen molar-refractivity contribution in [3.63, 3.8) is 0 Å². The molecule has 2 aromatic carbocycles. The Kier molecular flexibility index (Phi) is 3.85. The van der Waals surface area contributed by atoms with Crippen molar-refractivity contribution in [2.24, 2.45) is 0 Å². The average molecular weight is 348 g/mol. The molecule has 0 fully saturated rings. The van der Waals surface area contributed by atoms with Crippen LogP contribution in [0.25, 0.3) is 10.4 Å². The molecule has 1 aliphatic heterocycles. The molecular weight excluding hydrogens is 336 g/mol. The molecule has 2 heterocycles. The summed E-state index contributed by atoms with van der Waals surface area (Å²) in [5.74, 6) is 0.713. The number of anilines is 1. The van der Waals surface area contributed by atoms with Crippen molar-refractivity contribution >= 4 is 34.7 Å². The molecule has 24 heavy (non-hydrogen) atoms. The van der Waals surface area contributed by atoms with Gasteiger partial charge >= 0.3 is 0 Å². The number of benzene rings is 2. The van der Waals surface area contributed by atoms with Crippen molar-refractivity contribution in [3.05, 3.63) is 70.6 Å². The predicted molar refractivity (Wildman–Crippen MR) is 98.4 cm³/mol. The van der Waals surface area contributed by atoms with Crippen LogP contribution in [-0.4, -0.2) is 5.91 Å². The molecule has 4 rings (SSSR count). The van der Waals surface area contributed by atoms with E-state index in [1.165, 1.54) is 32.2 Å². The number of nitrogens with zero attached hydrogens (tertiary/aromatic N) is 1. The number of thiophene rings is 1. The highest BCUT2D eigenvalue weighted by molar-refractivity contribution is 7.98. The standard InChI is InChI=1S/C19H12N2OS2/c20-10-12-5-1-3-7-15(12)21-19(22)17-9-13-11-23-16-8-4-2-6-14(16)18(13)24-17/h1-9H,11H2,(H,21,22). The highest BCUT2D eigenvalue weighted by Crippen LogP contribution is 2.45. The molecule has 116 valence electrons. The molecule has 1 N–H and O–H groups in total. The lowest BCUT2D eigenvalue weighted by molar-refractivity contribution is 0.103. The minimum atomic E-state index is -0.167. The van der Waals surface area contributed by atoms with Crippen molar-refractivity contribution in [1.29, 1.82) is 5.26 Å². The van der Waals surface area contributed by atoms with Gasteiger partial charge in [-0.05, 0) is 29.8 Å². The number of nitriles is 1. The van der Waals surface area contributed by atoms with E-state index in [1.54, 1.807) is 30.0 Å². The maximum absolute atomic E-state index is 12.6. The van der Waals surface area contributed by atoms with E-state index in [1.807, 2.05) is 24.3 Å². The molecule has 0 spiro atoms. The van der Waals surface area contributed by atoms with E-state index in [9.17, 15) is 4.79 Å². The number of rotatable bonds is 2. The van der Waals surface area contributed by atoms with Gasteiger partial charge in [-0.15, -0.1) is 23.1 Å². The fourth-order valence-corrected chi connectivity index (χ4v) is 4.99. The zero-order valence-corrected chi connectivity index (χ0v) is 14.2. The quantitative estimate of drug-likeness (QED) is 0.697. The van der Waals surface area contributed by atoms with E-state index in [0.29, 0.717) is 16.1 Å². The number of nitrogens with one attached hydrogen (secondary N) is 1. The van der Waals surface area contributed by atoms with Gasteiger partial charge in [-0.2, -0.15) is 5.26 Å². The molecule has 3 aromatic rings. The van der Waals surface area contributed by atoms with Gasteiger partial charge < -0.3 is 5.32 Å². The summed E-state index contributed by atoms with van der Waals surface area (Å²) < 4.78 is 0. The Morgan fingerprint density at radius 3 is 2.79 bits per heavy atom. The summed E-state index contributed by atoms with van der Waals surface area (Å²) >= 11 is 3.31. The highest BCUT2D eigenvalue weighted by Gasteiger charge is 2.22. The predicted octanol–water partition coefficient (Wildman–Crippen LogP) is 5.14. The summed E-state index contributed by atoms with van der Waals surface area (Å²) in [6, 6.07) is 19.4. The van der Waals surface area contributed by atoms with Crippen LogP contribution in [0.15, 0.2) is 59.5 Å². The molecule has 1 aliphatic rings. The minimum absolute atomic E-state index is 0.167. The zero-order valence-electron chi connectivity index (χ0n) is 12.6. The van der Waals surface area contributed by atoms with Crippen LogP contribution in [0, 0.1) is 11.3 Å². The van der Waals surface area contributed by atoms with Gasteiger partial charge in [-0.25, -0.2) is 0 Å². The van der Waals surface area contributed by atoms with Gasteiger partial charge in [0.1, 0.15) is 6.07 Å². The summed E-state index contributed by atoms with van der Waals surface area (Å²) in [4.78, 5) is 15.7. The Morgan fingerprint density at radius 1 is 1.12 bits per heavy atom. The molecule has 0 saturated heterocycles. The van der Waals surface area contributed by atoms with Crippen molar-refractivity contribution in [3.8, 4) is 16.5 Å². The first kappa shape index (κ1) is 15.0. The monoisotopic (exact) mass is 348 g/mol. The smallest absolute Gasteiger partial charge is 0.265 e. The number of hydrogen-bond acceptors (Lipinski definition) is 4. The summed E-state index contributed by atoms with van der Waals surface area (Å²) in [6.07, 6.45) is 0. The second-order valence-electron chi connectivity index (χ2n) is 5.36. The van der Waals surface area contributed by atoms with Crippen LogP contribution in [0.2, 0.25) is 0 Å². The molecule has 1 aromatic heterocycles. The molecular formula is C19H12N2OS2. The van der Waals surface area contributed by atoms with E-state index in [4.69, 9.17) is 5.26 Å². The van der Waals surface area contributed by atoms with Gasteiger partial charge in [0.25, 0.3) is 5.91 Å². The van der Waals surface area contributed by atoms with Crippen LogP contribution >= 0.6 is 23.1 Å². The second-order valence-corrected chi connectivity index (χ2v) is 7.43. The van der Waals surface area contributed by atoms with Crippen LogP contribution in [0.5, 0.6) is 0 Å². The van der Waals surface area contributed by atoms with Crippen molar-refractivity contribution in [1.82, 2.24) is 0 Å². The molecule has 1 amide bonds. The fourth-order valence-electron chi connectivity index (χ4n) is 2.68. The van der Waals surface area contributed by atoms with E-state index in [0.717, 1.165) is 5.75 Å². The third-order valence-corrected chi connectivity index (χ3v) is 6.18. The first-order chi connectivity index (χ1) is 11.8. The first-order valence-corrected chi connectivity index (χ1v) is 9.22. The molecule has 0 saturated carbocycles. The third-order valence-electron chi connectivity index (χ3n) is 3.84. The van der Waals surface area contributed by atoms with Gasteiger partial charge in [0, 0.05) is 21.1 Å². The normalized spacial score (nSPS) is 12.0. The highest BCUT2D eigenvalue weighted by atomic mass is 32.2. The molecule has 5 heteroatoms. The minimum Gasteiger partial charge on any atom is -0.320 e. The lowest BCUT2D eigenvalue weighted by Crippen LogP contribution is -2.11. The van der Waals surface area contributed by atoms with E-state index >= 15 is 0 Å². The SMILES string of the molecule is N#Cc1ccccc1NC(=O)c1cc2c(s1)-c1ccccc1SC2. The number of para-hydroxylation sites is 1. The first-order valence-electron chi connectivity index (χ1n) is 7.41. The molecule has 0 radical (unpaired) electrons. The largest absolute Gasteiger partial charge is 0.320 e. The van der Waals surface area contributed by atoms with Crippen LogP contribution in [0.3, 0.4) is 0 Å². The number of thioether (sulfide) groups is 1. The maximum atomic E-state index is 12.6. The molecule has 0 unspecified atom stereocenters. The van der Waals surface area contributed by atoms with Gasteiger partial charge in [0.2, 0.25) is 0 Å². The van der Waals surface area contributed by atoms with E-state index in [-0.39, 0.29) is 5.91 Å². The topological polar surface area (TPSA) is 52.9 Å². The van der Waals surface area contributed by atoms with Crippen molar-refractivity contribution < 1.29 is 4.79 Å². The fraction of sp³-hybridized carbons (Fsp3) is 0.0526. The van der Waals surface area contributed by atoms with Crippen molar-refractivity contribution in [2.45, 2.75) is 10.6 Å². The lowest BCUT2D eigenvalue weighted by Gasteiger charge is -2.14. The summed E-state index contributed by atoms with van der Waals surface area (Å²) in [6.45, 7) is 0. The molecule has 0 atom stereocenters. The van der Waals surface area contributed by atoms with Gasteiger partial charge in [-0.1, -0.05) is 30.3 Å². The maximum Gasteiger partial charge on any atom is 0.265 e. The Bertz CT molecular complexity index is 985. The summed E-state index contributed by atoms with van der Waals surface area (Å²) in [5.41, 5.74) is 3.41. The number of fused-ring (bicyclic) bond motifs is 3. The van der Waals surface area contributed by atoms with Crippen LogP contribution in [-0.2, 0) is 5.75 Å². The zero-order chi connectivity index (χ0) is 16.5. The van der Waals surface area contributed by atoms with Gasteiger partial charge in [-0.3, -0.25) is 4.79 Å². The molecule has 0 bridgehead atoms. The van der Waals surface area contributed by atoms with Crippen LogP contribution < -0.4 is 5.32 Å². The van der Waals surface area contributed by atoms with Gasteiger partial charge in [0.05, 0.1) is 16.1 Å². The number of hydrogen-bond donors (Lipinski definition) is 1. The van der Waals surface area contributed by atoms with E-state index < -0.39 is 0 Å². The second kappa shape index (κ2) is 6.16. The lowest BCUT2D eigenvalue weighted by atomic mass is 10.1. The summed E-state index contributed by atoms with van der Waals surface area (Å²) in [5, 5.41) is 12.0. The third kappa shape index (κ3) is 2.60. The summed E-state index contributed by atoms with van der Waals surface area (Å²) in [7, 11) is 0. The average Bonchev–Trinajstić information content (AvgIpc) is 3.07.